The van der Waals surface area contributed by atoms with Gasteiger partial charge in [0.1, 0.15) is 0 Å². The lowest BCUT2D eigenvalue weighted by Gasteiger charge is -2.28. The molecule has 2 amide bonds. The van der Waals surface area contributed by atoms with E-state index in [1.165, 1.54) is 43.9 Å². The Kier molecular flexibility index (Phi) is 7.20. The molecular weight excluding hydrogens is 362 g/mol. The lowest BCUT2D eigenvalue weighted by atomic mass is 9.86. The maximum absolute atomic E-state index is 12.4. The highest BCUT2D eigenvalue weighted by Gasteiger charge is 2.39. The van der Waals surface area contributed by atoms with E-state index >= 15 is 0 Å². The molecule has 3 rings (SSSR count). The van der Waals surface area contributed by atoms with Gasteiger partial charge in [-0.25, -0.2) is 0 Å². The average molecular weight is 392 g/mol. The largest absolute Gasteiger partial charge is 0.396 e. The molecule has 1 saturated carbocycles. The van der Waals surface area contributed by atoms with Crippen LogP contribution in [0.15, 0.2) is 10.5 Å². The van der Waals surface area contributed by atoms with E-state index < -0.39 is 0 Å². The molecule has 27 heavy (non-hydrogen) atoms. The highest BCUT2D eigenvalue weighted by molar-refractivity contribution is 8.04. The predicted octanol–water partition coefficient (Wildman–Crippen LogP) is 2.54. The summed E-state index contributed by atoms with van der Waals surface area (Å²) in [7, 11) is 0. The van der Waals surface area contributed by atoms with E-state index in [1.54, 1.807) is 4.90 Å². The Balaban J connectivity index is 1.52. The van der Waals surface area contributed by atoms with Crippen molar-refractivity contribution in [3.05, 3.63) is 10.5 Å². The van der Waals surface area contributed by atoms with Crippen molar-refractivity contribution in [2.24, 2.45) is 11.8 Å². The summed E-state index contributed by atoms with van der Waals surface area (Å²) in [6.45, 7) is 0.930. The fourth-order valence-corrected chi connectivity index (χ4v) is 5.83. The number of amides is 2. The highest BCUT2D eigenvalue weighted by atomic mass is 32.2. The van der Waals surface area contributed by atoms with E-state index in [0.29, 0.717) is 31.8 Å². The molecule has 0 radical (unpaired) electrons. The number of carbonyl (C=O) groups is 2. The first-order chi connectivity index (χ1) is 13.1. The lowest BCUT2D eigenvalue weighted by molar-refractivity contribution is -0.131. The number of nitriles is 1. The Morgan fingerprint density at radius 2 is 2.04 bits per heavy atom. The monoisotopic (exact) mass is 391 g/mol. The molecule has 6 nitrogen and oxygen atoms in total. The quantitative estimate of drug-likeness (QED) is 0.726. The predicted molar refractivity (Wildman–Crippen MR) is 104 cm³/mol. The van der Waals surface area contributed by atoms with Crippen LogP contribution in [0.5, 0.6) is 0 Å². The van der Waals surface area contributed by atoms with Gasteiger partial charge >= 0.3 is 0 Å². The molecule has 148 valence electrons. The third-order valence-electron chi connectivity index (χ3n) is 5.92. The van der Waals surface area contributed by atoms with Gasteiger partial charge in [-0.1, -0.05) is 32.1 Å². The van der Waals surface area contributed by atoms with Crippen molar-refractivity contribution in [2.75, 3.05) is 19.7 Å². The van der Waals surface area contributed by atoms with Crippen LogP contribution < -0.4 is 5.32 Å². The molecule has 0 saturated heterocycles. The number of nitrogens with zero attached hydrogens (tertiary/aromatic N) is 2. The van der Waals surface area contributed by atoms with Crippen LogP contribution in [0.25, 0.3) is 0 Å². The minimum Gasteiger partial charge on any atom is -0.396 e. The third-order valence-corrected chi connectivity index (χ3v) is 7.24. The summed E-state index contributed by atoms with van der Waals surface area (Å²) < 4.78 is 0. The zero-order valence-electron chi connectivity index (χ0n) is 15.8. The van der Waals surface area contributed by atoms with Gasteiger partial charge in [-0.2, -0.15) is 5.26 Å². The molecule has 0 aromatic carbocycles. The Morgan fingerprint density at radius 1 is 1.26 bits per heavy atom. The minimum atomic E-state index is -0.307. The second-order valence-corrected chi connectivity index (χ2v) is 8.98. The van der Waals surface area contributed by atoms with Gasteiger partial charge in [0.25, 0.3) is 0 Å². The van der Waals surface area contributed by atoms with Crippen LogP contribution in [0.3, 0.4) is 0 Å². The molecule has 2 aliphatic heterocycles. The van der Waals surface area contributed by atoms with E-state index in [2.05, 4.69) is 11.4 Å². The van der Waals surface area contributed by atoms with Crippen molar-refractivity contribution in [1.29, 1.82) is 5.26 Å². The van der Waals surface area contributed by atoms with E-state index in [-0.39, 0.29) is 36.1 Å². The third kappa shape index (κ3) is 5.05. The minimum absolute atomic E-state index is 0.0337. The zero-order valence-corrected chi connectivity index (χ0v) is 16.6. The van der Waals surface area contributed by atoms with Gasteiger partial charge in [0.15, 0.2) is 0 Å². The van der Waals surface area contributed by atoms with Crippen LogP contribution in [0.4, 0.5) is 0 Å². The molecule has 2 unspecified atom stereocenters. The topological polar surface area (TPSA) is 93.4 Å². The van der Waals surface area contributed by atoms with E-state index in [9.17, 15) is 14.9 Å². The van der Waals surface area contributed by atoms with Crippen molar-refractivity contribution in [3.63, 3.8) is 0 Å². The summed E-state index contributed by atoms with van der Waals surface area (Å²) in [6, 6.07) is 2.36. The van der Waals surface area contributed by atoms with Crippen LogP contribution in [0.2, 0.25) is 0 Å². The molecule has 1 fully saturated rings. The highest BCUT2D eigenvalue weighted by Crippen LogP contribution is 2.44. The Hall–Kier alpha value is -1.52. The van der Waals surface area contributed by atoms with Crippen LogP contribution in [0.1, 0.15) is 57.8 Å². The summed E-state index contributed by atoms with van der Waals surface area (Å²) >= 11 is 1.53. The number of hydrogen-bond acceptors (Lipinski definition) is 5. The first-order valence-electron chi connectivity index (χ1n) is 10.1. The number of hydrogen-bond donors (Lipinski definition) is 2. The first kappa shape index (κ1) is 20.2. The zero-order chi connectivity index (χ0) is 19.2. The summed E-state index contributed by atoms with van der Waals surface area (Å²) in [6.07, 6.45) is 8.64. The Bertz CT molecular complexity index is 637. The smallest absolute Gasteiger partial charge is 0.225 e. The Morgan fingerprint density at radius 3 is 2.74 bits per heavy atom. The number of nitrogens with one attached hydrogen (secondary N) is 1. The molecule has 1 aliphatic carbocycles. The van der Waals surface area contributed by atoms with E-state index in [0.717, 1.165) is 16.9 Å². The molecule has 2 N–H and O–H groups in total. The molecule has 2 heterocycles. The van der Waals surface area contributed by atoms with Gasteiger partial charge < -0.3 is 15.3 Å². The van der Waals surface area contributed by atoms with Gasteiger partial charge in [0, 0.05) is 24.3 Å². The van der Waals surface area contributed by atoms with Crippen LogP contribution in [0, 0.1) is 23.2 Å². The van der Waals surface area contributed by atoms with Crippen molar-refractivity contribution < 1.29 is 14.7 Å². The summed E-state index contributed by atoms with van der Waals surface area (Å²) in [5.74, 6) is 0.341. The molecule has 2 atom stereocenters. The molecule has 3 aliphatic rings. The number of carbonyl (C=O) groups excluding carboxylic acids is 2. The fourth-order valence-electron chi connectivity index (χ4n) is 4.36. The van der Waals surface area contributed by atoms with Crippen molar-refractivity contribution in [3.8, 4) is 6.07 Å². The van der Waals surface area contributed by atoms with Gasteiger partial charge in [0.2, 0.25) is 11.8 Å². The molecule has 7 heteroatoms. The second kappa shape index (κ2) is 9.61. The molecule has 0 aromatic rings. The van der Waals surface area contributed by atoms with Crippen LogP contribution >= 0.6 is 11.8 Å². The number of aliphatic hydroxyl groups is 1. The van der Waals surface area contributed by atoms with Crippen molar-refractivity contribution in [2.45, 2.75) is 63.2 Å². The lowest BCUT2D eigenvalue weighted by Crippen LogP contribution is -2.37. The van der Waals surface area contributed by atoms with Gasteiger partial charge in [-0.15, -0.1) is 11.8 Å². The van der Waals surface area contributed by atoms with E-state index in [1.807, 2.05) is 0 Å². The maximum atomic E-state index is 12.4. The fraction of sp³-hybridized carbons (Fsp3) is 0.750. The van der Waals surface area contributed by atoms with Crippen LogP contribution in [-0.2, 0) is 9.59 Å². The van der Waals surface area contributed by atoms with Crippen molar-refractivity contribution >= 4 is 23.6 Å². The summed E-state index contributed by atoms with van der Waals surface area (Å²) in [5, 5.41) is 21.4. The second-order valence-electron chi connectivity index (χ2n) is 7.74. The van der Waals surface area contributed by atoms with Gasteiger partial charge in [0.05, 0.1) is 30.5 Å². The SMILES string of the molecule is N#CC1C2=C(CN(C(=O)CCO)CC2)SC1NC(=O)CCC1CCCCC1. The average Bonchev–Trinajstić information content (AvgIpc) is 3.03. The van der Waals surface area contributed by atoms with Crippen molar-refractivity contribution in [1.82, 2.24) is 10.2 Å². The van der Waals surface area contributed by atoms with Crippen LogP contribution in [-0.4, -0.2) is 46.9 Å². The standard InChI is InChI=1S/C20H29N3O3S/c21-12-16-15-8-10-23(19(26)9-11-24)13-17(15)27-20(16)22-18(25)7-6-14-4-2-1-3-5-14/h14,16,20,24H,1-11,13H2,(H,22,25). The van der Waals surface area contributed by atoms with Gasteiger partial charge in [-0.3, -0.25) is 9.59 Å². The number of thioether (sulfide) groups is 1. The molecule has 0 bridgehead atoms. The summed E-state index contributed by atoms with van der Waals surface area (Å²) in [4.78, 5) is 27.2. The maximum Gasteiger partial charge on any atom is 0.225 e. The molecular formula is C20H29N3O3S. The number of aliphatic hydroxyl groups excluding tert-OH is 1. The van der Waals surface area contributed by atoms with Gasteiger partial charge in [-0.05, 0) is 24.3 Å². The van der Waals surface area contributed by atoms with E-state index in [4.69, 9.17) is 5.11 Å². The Labute approximate surface area is 165 Å². The summed E-state index contributed by atoms with van der Waals surface area (Å²) in [5.41, 5.74) is 1.08. The molecule has 0 aromatic heterocycles. The number of rotatable bonds is 6. The normalized spacial score (nSPS) is 25.9. The molecule has 0 spiro atoms. The first-order valence-corrected chi connectivity index (χ1v) is 11.0.